The molecule has 92 valence electrons. The maximum absolute atomic E-state index is 12.0. The van der Waals surface area contributed by atoms with Crippen LogP contribution >= 0.6 is 11.3 Å². The van der Waals surface area contributed by atoms with Gasteiger partial charge in [-0.1, -0.05) is 6.07 Å². The van der Waals surface area contributed by atoms with E-state index in [2.05, 4.69) is 10.5 Å². The summed E-state index contributed by atoms with van der Waals surface area (Å²) in [6.45, 7) is 1.96. The number of nitrogens with zero attached hydrogens (tertiary/aromatic N) is 2. The molecule has 1 N–H and O–H groups in total. The Morgan fingerprint density at radius 3 is 3.00 bits per heavy atom. The lowest BCUT2D eigenvalue weighted by molar-refractivity contribution is 0.209. The molecule has 8 heteroatoms. The highest BCUT2D eigenvalue weighted by Gasteiger charge is 2.26. The zero-order valence-electron chi connectivity index (χ0n) is 9.08. The Hall–Kier alpha value is -1.41. The van der Waals surface area contributed by atoms with Gasteiger partial charge < -0.3 is 4.90 Å². The number of hydrogen-bond acceptors (Lipinski definition) is 5. The molecule has 1 aromatic heterocycles. The Morgan fingerprint density at radius 1 is 1.59 bits per heavy atom. The van der Waals surface area contributed by atoms with Crippen LogP contribution in [0.3, 0.4) is 0 Å². The predicted molar refractivity (Wildman–Crippen MR) is 64.7 cm³/mol. The molecule has 0 unspecified atom stereocenters. The fourth-order valence-electron chi connectivity index (χ4n) is 1.41. The highest BCUT2D eigenvalue weighted by molar-refractivity contribution is 7.93. The Labute approximate surface area is 103 Å². The highest BCUT2D eigenvalue weighted by atomic mass is 32.2. The van der Waals surface area contributed by atoms with Crippen molar-refractivity contribution in [2.24, 2.45) is 5.10 Å². The fourth-order valence-corrected chi connectivity index (χ4v) is 3.80. The van der Waals surface area contributed by atoms with Crippen molar-refractivity contribution >= 4 is 32.9 Å². The highest BCUT2D eigenvalue weighted by Crippen LogP contribution is 2.18. The molecule has 0 radical (unpaired) electrons. The van der Waals surface area contributed by atoms with E-state index in [0.29, 0.717) is 5.71 Å². The Bertz CT molecular complexity index is 548. The molecule has 0 saturated carbocycles. The summed E-state index contributed by atoms with van der Waals surface area (Å²) in [5.41, 5.74) is 2.94. The van der Waals surface area contributed by atoms with Gasteiger partial charge in [-0.05, 0) is 18.4 Å². The van der Waals surface area contributed by atoms with Gasteiger partial charge in [-0.3, -0.25) is 0 Å². The Balaban J connectivity index is 2.17. The minimum Gasteiger partial charge on any atom is -0.303 e. The van der Waals surface area contributed by atoms with Crippen LogP contribution < -0.4 is 5.43 Å². The number of carbonyl (C=O) groups is 1. The van der Waals surface area contributed by atoms with Gasteiger partial charge in [0.1, 0.15) is 10.1 Å². The van der Waals surface area contributed by atoms with E-state index < -0.39 is 15.9 Å². The molecule has 0 saturated heterocycles. The van der Waals surface area contributed by atoms with Crippen molar-refractivity contribution in [3.8, 4) is 0 Å². The summed E-state index contributed by atoms with van der Waals surface area (Å²) in [6, 6.07) is 2.71. The van der Waals surface area contributed by atoms with E-state index in [1.807, 2.05) is 0 Å². The molecule has 17 heavy (non-hydrogen) atoms. The van der Waals surface area contributed by atoms with Gasteiger partial charge in [-0.2, -0.15) is 5.10 Å². The van der Waals surface area contributed by atoms with Crippen LogP contribution in [0, 0.1) is 0 Å². The molecule has 0 spiro atoms. The molecule has 0 aromatic carbocycles. The van der Waals surface area contributed by atoms with E-state index in [1.165, 1.54) is 11.0 Å². The number of hydrazone groups is 1. The van der Waals surface area contributed by atoms with Gasteiger partial charge in [0.25, 0.3) is 0 Å². The molecular weight excluding hydrogens is 262 g/mol. The van der Waals surface area contributed by atoms with E-state index in [1.54, 1.807) is 18.4 Å². The molecule has 2 amide bonds. The molecule has 0 bridgehead atoms. The van der Waals surface area contributed by atoms with E-state index in [9.17, 15) is 13.2 Å². The second kappa shape index (κ2) is 4.46. The first-order chi connectivity index (χ1) is 7.99. The number of thiophene rings is 1. The summed E-state index contributed by atoms with van der Waals surface area (Å²) < 4.78 is 24.2. The van der Waals surface area contributed by atoms with Crippen LogP contribution in [0.5, 0.6) is 0 Å². The van der Waals surface area contributed by atoms with Crippen LogP contribution in [-0.2, 0) is 9.84 Å². The normalized spacial score (nSPS) is 16.6. The van der Waals surface area contributed by atoms with Crippen LogP contribution in [0.1, 0.15) is 6.92 Å². The van der Waals surface area contributed by atoms with Gasteiger partial charge in [-0.25, -0.2) is 18.6 Å². The number of rotatable bonds is 3. The SMILES string of the molecule is CC1=NNC(=O)N(CS(=O)(=O)c2cccs2)C1. The molecule has 0 fully saturated rings. The van der Waals surface area contributed by atoms with E-state index in [0.717, 1.165) is 11.3 Å². The smallest absolute Gasteiger partial charge is 0.303 e. The fraction of sp³-hybridized carbons (Fsp3) is 0.333. The summed E-state index contributed by atoms with van der Waals surface area (Å²) in [5.74, 6) is -0.327. The molecule has 1 aliphatic rings. The number of nitrogens with one attached hydrogen (secondary N) is 1. The van der Waals surface area contributed by atoms with Gasteiger partial charge in [0, 0.05) is 0 Å². The predicted octanol–water partition coefficient (Wildman–Crippen LogP) is 0.880. The first-order valence-electron chi connectivity index (χ1n) is 4.83. The average Bonchev–Trinajstić information content (AvgIpc) is 2.77. The van der Waals surface area contributed by atoms with Gasteiger partial charge in [0.2, 0.25) is 9.84 Å². The Morgan fingerprint density at radius 2 is 2.35 bits per heavy atom. The van der Waals surface area contributed by atoms with Gasteiger partial charge in [0.15, 0.2) is 0 Å². The lowest BCUT2D eigenvalue weighted by Gasteiger charge is -2.24. The van der Waals surface area contributed by atoms with Crippen molar-refractivity contribution in [2.45, 2.75) is 11.1 Å². The van der Waals surface area contributed by atoms with Crippen molar-refractivity contribution in [2.75, 3.05) is 12.4 Å². The number of amides is 2. The van der Waals surface area contributed by atoms with E-state index >= 15 is 0 Å². The number of sulfone groups is 1. The van der Waals surface area contributed by atoms with Gasteiger partial charge in [-0.15, -0.1) is 11.3 Å². The van der Waals surface area contributed by atoms with Gasteiger partial charge >= 0.3 is 6.03 Å². The molecule has 0 atom stereocenters. The molecular formula is C9H11N3O3S2. The van der Waals surface area contributed by atoms with Crippen LogP contribution in [0.4, 0.5) is 4.79 Å². The maximum Gasteiger partial charge on any atom is 0.339 e. The lowest BCUT2D eigenvalue weighted by Crippen LogP contribution is -2.47. The lowest BCUT2D eigenvalue weighted by atomic mass is 10.4. The third-order valence-corrected chi connectivity index (χ3v) is 5.29. The van der Waals surface area contributed by atoms with Crippen molar-refractivity contribution < 1.29 is 13.2 Å². The first kappa shape index (κ1) is 12.1. The quantitative estimate of drug-likeness (QED) is 0.888. The third-order valence-electron chi connectivity index (χ3n) is 2.18. The van der Waals surface area contributed by atoms with Crippen molar-refractivity contribution in [3.05, 3.63) is 17.5 Å². The van der Waals surface area contributed by atoms with Crippen molar-refractivity contribution in [3.63, 3.8) is 0 Å². The Kier molecular flexibility index (Phi) is 3.16. The van der Waals surface area contributed by atoms with Crippen LogP contribution in [-0.4, -0.2) is 37.5 Å². The molecule has 0 aliphatic carbocycles. The second-order valence-electron chi connectivity index (χ2n) is 3.64. The van der Waals surface area contributed by atoms with Crippen LogP contribution in [0.15, 0.2) is 26.8 Å². The van der Waals surface area contributed by atoms with Crippen molar-refractivity contribution in [1.82, 2.24) is 10.3 Å². The maximum atomic E-state index is 12.0. The summed E-state index contributed by atoms with van der Waals surface area (Å²) in [4.78, 5) is 12.7. The zero-order valence-corrected chi connectivity index (χ0v) is 10.7. The van der Waals surface area contributed by atoms with Gasteiger partial charge in [0.05, 0.1) is 12.3 Å². The van der Waals surface area contributed by atoms with Crippen molar-refractivity contribution in [1.29, 1.82) is 0 Å². The summed E-state index contributed by atoms with van der Waals surface area (Å²) in [6.07, 6.45) is 0. The summed E-state index contributed by atoms with van der Waals surface area (Å²) in [7, 11) is -3.44. The zero-order chi connectivity index (χ0) is 12.5. The average molecular weight is 273 g/mol. The number of carbonyl (C=O) groups excluding carboxylic acids is 1. The minimum atomic E-state index is -3.44. The van der Waals surface area contributed by atoms with E-state index in [-0.39, 0.29) is 16.6 Å². The summed E-state index contributed by atoms with van der Waals surface area (Å²) >= 11 is 1.14. The molecule has 1 aliphatic heterocycles. The topological polar surface area (TPSA) is 78.8 Å². The third kappa shape index (κ3) is 2.64. The molecule has 2 rings (SSSR count). The largest absolute Gasteiger partial charge is 0.339 e. The monoisotopic (exact) mass is 273 g/mol. The van der Waals surface area contributed by atoms with E-state index in [4.69, 9.17) is 0 Å². The van der Waals surface area contributed by atoms with Crippen LogP contribution in [0.25, 0.3) is 0 Å². The number of urea groups is 1. The summed E-state index contributed by atoms with van der Waals surface area (Å²) in [5, 5.41) is 5.43. The molecule has 2 heterocycles. The first-order valence-corrected chi connectivity index (χ1v) is 7.36. The molecule has 1 aromatic rings. The minimum absolute atomic E-state index is 0.233. The molecule has 6 nitrogen and oxygen atoms in total. The second-order valence-corrected chi connectivity index (χ2v) is 6.77. The standard InChI is InChI=1S/C9H11N3O3S2/c1-7-5-12(9(13)11-10-7)6-17(14,15)8-3-2-4-16-8/h2-4H,5-6H2,1H3,(H,11,13). The van der Waals surface area contributed by atoms with Crippen LogP contribution in [0.2, 0.25) is 0 Å². The number of hydrogen-bond donors (Lipinski definition) is 1.